The molecule has 2 aromatic heterocycles. The summed E-state index contributed by atoms with van der Waals surface area (Å²) < 4.78 is 5.94. The van der Waals surface area contributed by atoms with Gasteiger partial charge in [0.1, 0.15) is 5.69 Å². The highest BCUT2D eigenvalue weighted by Gasteiger charge is 2.15. The van der Waals surface area contributed by atoms with Gasteiger partial charge in [0.25, 0.3) is 0 Å². The summed E-state index contributed by atoms with van der Waals surface area (Å²) in [6.45, 7) is 1.39. The molecule has 0 saturated heterocycles. The molecule has 0 aromatic carbocycles. The number of aromatic nitrogens is 3. The Hall–Kier alpha value is -2.24. The molecule has 0 N–H and O–H groups in total. The summed E-state index contributed by atoms with van der Waals surface area (Å²) in [6, 6.07) is 2.98. The Morgan fingerprint density at radius 3 is 2.81 bits per heavy atom. The average molecular weight is 219 g/mol. The van der Waals surface area contributed by atoms with Gasteiger partial charge in [-0.3, -0.25) is 4.79 Å². The van der Waals surface area contributed by atoms with E-state index in [1.165, 1.54) is 30.8 Å². The number of hydrogen-bond donors (Lipinski definition) is 0. The van der Waals surface area contributed by atoms with Gasteiger partial charge in [0.05, 0.1) is 13.3 Å². The summed E-state index contributed by atoms with van der Waals surface area (Å²) in [5.41, 5.74) is 0.837. The van der Waals surface area contributed by atoms with Gasteiger partial charge in [-0.2, -0.15) is 5.10 Å². The van der Waals surface area contributed by atoms with E-state index in [4.69, 9.17) is 0 Å². The molecule has 82 valence electrons. The highest BCUT2D eigenvalue weighted by atomic mass is 16.5. The lowest BCUT2D eigenvalue weighted by Gasteiger charge is -2.04. The van der Waals surface area contributed by atoms with Gasteiger partial charge in [-0.05, 0) is 0 Å². The lowest BCUT2D eigenvalue weighted by Crippen LogP contribution is -2.12. The van der Waals surface area contributed by atoms with E-state index >= 15 is 0 Å². The lowest BCUT2D eigenvalue weighted by molar-refractivity contribution is 0.0590. The van der Waals surface area contributed by atoms with E-state index in [2.05, 4.69) is 14.8 Å². The molecule has 0 saturated carbocycles. The maximum atomic E-state index is 11.5. The topological polar surface area (TPSA) is 73.6 Å². The number of rotatable bonds is 2. The second-order valence-electron chi connectivity index (χ2n) is 3.18. The molecule has 0 aliphatic heterocycles. The molecular formula is C10H9N3O3. The second-order valence-corrected chi connectivity index (χ2v) is 3.18. The number of ether oxygens (including phenoxy) is 1. The van der Waals surface area contributed by atoms with Crippen molar-refractivity contribution in [3.63, 3.8) is 0 Å². The van der Waals surface area contributed by atoms with Crippen LogP contribution in [0.5, 0.6) is 0 Å². The first-order valence-electron chi connectivity index (χ1n) is 4.57. The zero-order valence-corrected chi connectivity index (χ0v) is 8.80. The van der Waals surface area contributed by atoms with Crippen LogP contribution in [0.1, 0.15) is 27.9 Å². The zero-order valence-electron chi connectivity index (χ0n) is 8.80. The number of fused-ring (bicyclic) bond motifs is 1. The number of esters is 1. The Labute approximate surface area is 90.9 Å². The van der Waals surface area contributed by atoms with Gasteiger partial charge in [0.15, 0.2) is 17.1 Å². The number of carbonyl (C=O) groups excluding carboxylic acids is 2. The molecule has 2 aromatic rings. The first-order chi connectivity index (χ1) is 7.63. The number of carbonyl (C=O) groups is 2. The van der Waals surface area contributed by atoms with Crippen LogP contribution >= 0.6 is 0 Å². The van der Waals surface area contributed by atoms with Crippen LogP contribution in [0.3, 0.4) is 0 Å². The molecule has 16 heavy (non-hydrogen) atoms. The van der Waals surface area contributed by atoms with Crippen molar-refractivity contribution in [2.45, 2.75) is 6.92 Å². The first kappa shape index (κ1) is 10.3. The maximum absolute atomic E-state index is 11.5. The third-order valence-electron chi connectivity index (χ3n) is 2.11. The molecule has 0 aliphatic carbocycles. The van der Waals surface area contributed by atoms with Crippen LogP contribution in [-0.2, 0) is 4.74 Å². The van der Waals surface area contributed by atoms with Crippen LogP contribution in [0.4, 0.5) is 0 Å². The Balaban J connectivity index is 2.73. The van der Waals surface area contributed by atoms with Crippen LogP contribution in [-0.4, -0.2) is 33.5 Å². The van der Waals surface area contributed by atoms with E-state index in [-0.39, 0.29) is 17.2 Å². The third-order valence-corrected chi connectivity index (χ3v) is 2.11. The van der Waals surface area contributed by atoms with E-state index < -0.39 is 5.97 Å². The molecule has 0 atom stereocenters. The normalized spacial score (nSPS) is 10.4. The highest BCUT2D eigenvalue weighted by molar-refractivity contribution is 5.96. The molecular weight excluding hydrogens is 210 g/mol. The van der Waals surface area contributed by atoms with Crippen molar-refractivity contribution in [3.05, 3.63) is 29.7 Å². The van der Waals surface area contributed by atoms with Gasteiger partial charge >= 0.3 is 5.97 Å². The van der Waals surface area contributed by atoms with E-state index in [1.54, 1.807) is 6.07 Å². The number of Topliss-reactive ketones (excluding diaryl/α,β-unsaturated/α-hetero) is 1. The summed E-state index contributed by atoms with van der Waals surface area (Å²) in [7, 11) is 1.27. The summed E-state index contributed by atoms with van der Waals surface area (Å²) in [4.78, 5) is 26.8. The van der Waals surface area contributed by atoms with Crippen LogP contribution in [0, 0.1) is 0 Å². The minimum Gasteiger partial charge on any atom is -0.464 e. The zero-order chi connectivity index (χ0) is 11.7. The molecule has 2 heterocycles. The third kappa shape index (κ3) is 1.54. The standard InChI is InChI=1S/C10H9N3O3/c1-6(14)7-5-8(10(15)16-2)13-9(12-7)3-4-11-13/h3-5H,1-2H3. The summed E-state index contributed by atoms with van der Waals surface area (Å²) in [6.07, 6.45) is 1.50. The number of methoxy groups -OCH3 is 1. The van der Waals surface area contributed by atoms with Crippen LogP contribution in [0.25, 0.3) is 5.65 Å². The Morgan fingerprint density at radius 1 is 1.44 bits per heavy atom. The monoisotopic (exact) mass is 219 g/mol. The van der Waals surface area contributed by atoms with Gasteiger partial charge < -0.3 is 4.74 Å². The Morgan fingerprint density at radius 2 is 2.19 bits per heavy atom. The predicted octanol–water partition coefficient (Wildman–Crippen LogP) is 0.718. The van der Waals surface area contributed by atoms with Crippen LogP contribution < -0.4 is 0 Å². The second kappa shape index (κ2) is 3.73. The minimum absolute atomic E-state index is 0.183. The quantitative estimate of drug-likeness (QED) is 0.549. The van der Waals surface area contributed by atoms with Crippen LogP contribution in [0.2, 0.25) is 0 Å². The van der Waals surface area contributed by atoms with E-state index in [9.17, 15) is 9.59 Å². The first-order valence-corrected chi connectivity index (χ1v) is 4.57. The lowest BCUT2D eigenvalue weighted by atomic mass is 10.2. The molecule has 6 nitrogen and oxygen atoms in total. The summed E-state index contributed by atoms with van der Waals surface area (Å²) in [5.74, 6) is -0.771. The fraction of sp³-hybridized carbons (Fsp3) is 0.200. The van der Waals surface area contributed by atoms with Crippen molar-refractivity contribution in [3.8, 4) is 0 Å². The number of hydrogen-bond acceptors (Lipinski definition) is 5. The maximum Gasteiger partial charge on any atom is 0.356 e. The number of nitrogens with zero attached hydrogens (tertiary/aromatic N) is 3. The largest absolute Gasteiger partial charge is 0.464 e. The van der Waals surface area contributed by atoms with Gasteiger partial charge in [0, 0.05) is 19.1 Å². The SMILES string of the molecule is COC(=O)c1cc(C(C)=O)nc2ccnn12. The van der Waals surface area contributed by atoms with Crippen molar-refractivity contribution >= 4 is 17.4 Å². The summed E-state index contributed by atoms with van der Waals surface area (Å²) >= 11 is 0. The predicted molar refractivity (Wildman–Crippen MR) is 54.3 cm³/mol. The molecule has 2 rings (SSSR count). The molecule has 0 radical (unpaired) electrons. The van der Waals surface area contributed by atoms with Crippen molar-refractivity contribution in [1.29, 1.82) is 0 Å². The molecule has 0 spiro atoms. The number of ketones is 1. The summed E-state index contributed by atoms with van der Waals surface area (Å²) in [5, 5.41) is 3.93. The molecule has 6 heteroatoms. The van der Waals surface area contributed by atoms with Gasteiger partial charge in [-0.25, -0.2) is 14.3 Å². The van der Waals surface area contributed by atoms with Gasteiger partial charge in [-0.15, -0.1) is 0 Å². The molecule has 0 fully saturated rings. The average Bonchev–Trinajstić information content (AvgIpc) is 2.74. The van der Waals surface area contributed by atoms with Crippen molar-refractivity contribution in [2.24, 2.45) is 0 Å². The molecule has 0 aliphatic rings. The van der Waals surface area contributed by atoms with Crippen molar-refractivity contribution in [1.82, 2.24) is 14.6 Å². The Bertz CT molecular complexity index is 574. The highest BCUT2D eigenvalue weighted by Crippen LogP contribution is 2.09. The molecule has 0 unspecified atom stereocenters. The fourth-order valence-corrected chi connectivity index (χ4v) is 1.34. The van der Waals surface area contributed by atoms with E-state index in [0.29, 0.717) is 5.65 Å². The van der Waals surface area contributed by atoms with Gasteiger partial charge in [-0.1, -0.05) is 0 Å². The van der Waals surface area contributed by atoms with Gasteiger partial charge in [0.2, 0.25) is 0 Å². The van der Waals surface area contributed by atoms with Crippen molar-refractivity contribution < 1.29 is 14.3 Å². The Kier molecular flexibility index (Phi) is 2.40. The van der Waals surface area contributed by atoms with Crippen molar-refractivity contribution in [2.75, 3.05) is 7.11 Å². The van der Waals surface area contributed by atoms with E-state index in [0.717, 1.165) is 0 Å². The fourth-order valence-electron chi connectivity index (χ4n) is 1.34. The minimum atomic E-state index is -0.557. The molecule has 0 amide bonds. The molecule has 0 bridgehead atoms. The van der Waals surface area contributed by atoms with E-state index in [1.807, 2.05) is 0 Å². The van der Waals surface area contributed by atoms with Crippen LogP contribution in [0.15, 0.2) is 18.3 Å². The smallest absolute Gasteiger partial charge is 0.356 e.